The minimum Gasteiger partial charge on any atom is -0.477 e. The Bertz CT molecular complexity index is 183. The summed E-state index contributed by atoms with van der Waals surface area (Å²) < 4.78 is 6.41. The molecule has 0 atom stereocenters. The first-order chi connectivity index (χ1) is 4.22. The Morgan fingerprint density at radius 1 is 2.12 bits per heavy atom. The van der Waals surface area contributed by atoms with E-state index in [0.717, 1.165) is 13.8 Å². The fraction of sp³-hybridized carbons (Fsp3) is 0. The highest BCUT2D eigenvalue weighted by Crippen LogP contribution is 1.86. The molecule has 0 saturated carbocycles. The van der Waals surface area contributed by atoms with E-state index >= 15 is 0 Å². The van der Waals surface area contributed by atoms with Crippen LogP contribution >= 0.6 is 0 Å². The molecule has 0 unspecified atom stereocenters. The summed E-state index contributed by atoms with van der Waals surface area (Å²) in [5.74, 6) is -0.386. The van der Waals surface area contributed by atoms with Crippen LogP contribution < -0.4 is 0 Å². The number of rotatable bonds is 2. The van der Waals surface area contributed by atoms with Crippen molar-refractivity contribution in [1.29, 1.82) is 6.60 Å². The van der Waals surface area contributed by atoms with Crippen molar-refractivity contribution < 1.29 is 9.90 Å². The molecule has 0 spiro atoms. The van der Waals surface area contributed by atoms with E-state index in [-0.39, 0.29) is 0 Å². The van der Waals surface area contributed by atoms with Gasteiger partial charge < -0.3 is 5.11 Å². The standard InChI is InChI=1S/C4H3BNO2/c5-1-3(2-6)4(7)8/h1,5H,(H,7,8)/b3-1+/i5D. The third-order valence-corrected chi connectivity index (χ3v) is 0.518. The monoisotopic (exact) mass is 109 g/mol. The maximum absolute atomic E-state index is 9.93. The number of carboxylic acids is 1. The number of carboxylic acid groups (broad SMARTS) is 1. The lowest BCUT2D eigenvalue weighted by Gasteiger charge is -1.81. The summed E-state index contributed by atoms with van der Waals surface area (Å²) in [6.45, 7) is 0. The molecule has 0 amide bonds. The van der Waals surface area contributed by atoms with Crippen LogP contribution in [0.15, 0.2) is 11.5 Å². The second-order valence-electron chi connectivity index (χ2n) is 0.997. The summed E-state index contributed by atoms with van der Waals surface area (Å²) in [6.07, 6.45) is 0. The highest BCUT2D eigenvalue weighted by molar-refractivity contribution is 6.20. The molecule has 0 aromatic rings. The molecule has 0 aliphatic rings. The zero-order valence-electron chi connectivity index (χ0n) is 4.96. The average Bonchev–Trinajstić information content (AvgIpc) is 1.82. The average molecular weight is 109 g/mol. The van der Waals surface area contributed by atoms with Crippen LogP contribution in [0.4, 0.5) is 0 Å². The molecule has 1 N–H and O–H groups in total. The van der Waals surface area contributed by atoms with Crippen LogP contribution in [0.1, 0.15) is 0 Å². The van der Waals surface area contributed by atoms with Crippen molar-refractivity contribution >= 4 is 13.8 Å². The quantitative estimate of drug-likeness (QED) is 0.292. The van der Waals surface area contributed by atoms with Crippen LogP contribution in [0.3, 0.4) is 0 Å². The van der Waals surface area contributed by atoms with E-state index < -0.39 is 11.5 Å². The Kier molecular flexibility index (Phi) is 1.76. The van der Waals surface area contributed by atoms with Crippen molar-refractivity contribution in [2.45, 2.75) is 0 Å². The van der Waals surface area contributed by atoms with Crippen molar-refractivity contribution in [3.05, 3.63) is 11.5 Å². The van der Waals surface area contributed by atoms with Crippen LogP contribution in [0.5, 0.6) is 0 Å². The van der Waals surface area contributed by atoms with Crippen molar-refractivity contribution in [2.75, 3.05) is 0 Å². The molecule has 0 heterocycles. The van der Waals surface area contributed by atoms with Gasteiger partial charge in [-0.2, -0.15) is 5.26 Å². The molecule has 3 nitrogen and oxygen atoms in total. The van der Waals surface area contributed by atoms with Gasteiger partial charge in [0.2, 0.25) is 0 Å². The molecular formula is C4H3BNO2. The zero-order chi connectivity index (χ0) is 7.28. The molecule has 0 aliphatic heterocycles. The molecule has 0 saturated heterocycles. The summed E-state index contributed by atoms with van der Waals surface area (Å²) in [6, 6.07) is 1.41. The first kappa shape index (κ1) is 4.91. The number of carbonyl (C=O) groups is 1. The zero-order valence-corrected chi connectivity index (χ0v) is 3.96. The molecular weight excluding hydrogens is 105 g/mol. The summed E-state index contributed by atoms with van der Waals surface area (Å²) in [5.41, 5.74) is -0.426. The van der Waals surface area contributed by atoms with E-state index in [2.05, 4.69) is 0 Å². The molecule has 0 rings (SSSR count). The van der Waals surface area contributed by atoms with Crippen LogP contribution in [-0.2, 0) is 4.79 Å². The molecule has 0 aromatic heterocycles. The maximum Gasteiger partial charge on any atom is 0.345 e. The van der Waals surface area contributed by atoms with E-state index in [9.17, 15) is 4.79 Å². The summed E-state index contributed by atoms with van der Waals surface area (Å²) >= 11 is 0. The van der Waals surface area contributed by atoms with Crippen LogP contribution in [0.25, 0.3) is 0 Å². The first-order valence-electron chi connectivity index (χ1n) is 2.35. The Labute approximate surface area is 49.0 Å². The van der Waals surface area contributed by atoms with Crippen LogP contribution in [-0.4, -0.2) is 20.2 Å². The van der Waals surface area contributed by atoms with Gasteiger partial charge in [-0.3, -0.25) is 0 Å². The fourth-order valence-electron chi connectivity index (χ4n) is 0.156. The Balaban J connectivity index is 4.20. The topological polar surface area (TPSA) is 61.1 Å². The summed E-state index contributed by atoms with van der Waals surface area (Å²) in [4.78, 5) is 9.93. The molecule has 8 heavy (non-hydrogen) atoms. The van der Waals surface area contributed by atoms with E-state index in [1.807, 2.05) is 0 Å². The van der Waals surface area contributed by atoms with Gasteiger partial charge in [-0.25, -0.2) is 4.79 Å². The molecule has 0 fully saturated rings. The molecule has 39 valence electrons. The third kappa shape index (κ3) is 1.48. The Morgan fingerprint density at radius 3 is 2.88 bits per heavy atom. The lowest BCUT2D eigenvalue weighted by atomic mass is 10.1. The minimum absolute atomic E-state index is 0.426. The van der Waals surface area contributed by atoms with Crippen LogP contribution in [0, 0.1) is 11.3 Å². The lowest BCUT2D eigenvalue weighted by molar-refractivity contribution is -0.132. The van der Waals surface area contributed by atoms with Crippen molar-refractivity contribution in [3.8, 4) is 6.07 Å². The smallest absolute Gasteiger partial charge is 0.345 e. The van der Waals surface area contributed by atoms with Crippen molar-refractivity contribution in [3.63, 3.8) is 0 Å². The number of aliphatic carboxylic acids is 1. The van der Waals surface area contributed by atoms with Gasteiger partial charge >= 0.3 is 5.97 Å². The molecule has 0 aliphatic carbocycles. The highest BCUT2D eigenvalue weighted by atomic mass is 16.4. The van der Waals surface area contributed by atoms with Gasteiger partial charge in [0.1, 0.15) is 19.5 Å². The van der Waals surface area contributed by atoms with Gasteiger partial charge in [0, 0.05) is 0 Å². The normalized spacial score (nSPS) is 11.4. The molecule has 0 aromatic carbocycles. The predicted molar refractivity (Wildman–Crippen MR) is 28.5 cm³/mol. The number of hydrogen-bond acceptors (Lipinski definition) is 2. The Morgan fingerprint density at radius 2 is 2.75 bits per heavy atom. The van der Waals surface area contributed by atoms with Gasteiger partial charge in [-0.05, 0) is 1.34 Å². The highest BCUT2D eigenvalue weighted by Gasteiger charge is 2.00. The van der Waals surface area contributed by atoms with E-state index in [1.54, 1.807) is 0 Å². The van der Waals surface area contributed by atoms with Crippen LogP contribution in [0.2, 0.25) is 0 Å². The van der Waals surface area contributed by atoms with E-state index in [4.69, 9.17) is 11.7 Å². The van der Waals surface area contributed by atoms with Gasteiger partial charge in [0.05, 0.1) is 0 Å². The number of nitrogens with zero attached hydrogens (tertiary/aromatic N) is 1. The maximum atomic E-state index is 9.93. The van der Waals surface area contributed by atoms with Gasteiger partial charge in [-0.1, -0.05) is 0 Å². The second kappa shape index (κ2) is 2.86. The Hall–Kier alpha value is -1.24. The van der Waals surface area contributed by atoms with Gasteiger partial charge in [0.15, 0.2) is 0 Å². The van der Waals surface area contributed by atoms with Gasteiger partial charge in [0.25, 0.3) is 0 Å². The first-order valence-corrected chi connectivity index (χ1v) is 1.77. The molecule has 4 heteroatoms. The minimum atomic E-state index is -1.30. The molecule has 1 radical (unpaired) electrons. The second-order valence-corrected chi connectivity index (χ2v) is 0.997. The summed E-state index contributed by atoms with van der Waals surface area (Å²) in [7, 11) is 0.757. The number of nitriles is 1. The van der Waals surface area contributed by atoms with Crippen molar-refractivity contribution in [1.82, 2.24) is 0 Å². The number of hydrogen-bond donors (Lipinski definition) is 1. The lowest BCUT2D eigenvalue weighted by Crippen LogP contribution is -1.96. The SMILES string of the molecule is [2H][B]/C=C(\C#N)C(=O)O. The third-order valence-electron chi connectivity index (χ3n) is 0.518. The molecule has 0 bridgehead atoms. The fourth-order valence-corrected chi connectivity index (χ4v) is 0.156. The van der Waals surface area contributed by atoms with Gasteiger partial charge in [-0.15, -0.1) is 5.98 Å². The largest absolute Gasteiger partial charge is 0.477 e. The summed E-state index contributed by atoms with van der Waals surface area (Å²) in [5, 5.41) is 16.1. The predicted octanol–water partition coefficient (Wildman–Crippen LogP) is -0.621. The van der Waals surface area contributed by atoms with Crippen molar-refractivity contribution in [2.24, 2.45) is 0 Å². The van der Waals surface area contributed by atoms with E-state index in [0.29, 0.717) is 0 Å². The van der Waals surface area contributed by atoms with E-state index in [1.165, 1.54) is 6.07 Å².